The van der Waals surface area contributed by atoms with Crippen LogP contribution in [0.15, 0.2) is 12.4 Å². The highest BCUT2D eigenvalue weighted by molar-refractivity contribution is 5.08. The van der Waals surface area contributed by atoms with Crippen LogP contribution in [-0.2, 0) is 22.6 Å². The molecule has 0 aliphatic carbocycles. The molecule has 2 fully saturated rings. The van der Waals surface area contributed by atoms with Crippen molar-refractivity contribution in [3.8, 4) is 0 Å². The largest absolute Gasteiger partial charge is 0.378 e. The van der Waals surface area contributed by atoms with Crippen LogP contribution in [0.5, 0.6) is 0 Å². The summed E-state index contributed by atoms with van der Waals surface area (Å²) in [6.07, 6.45) is 6.58. The summed E-state index contributed by atoms with van der Waals surface area (Å²) < 4.78 is 13.8. The zero-order valence-corrected chi connectivity index (χ0v) is 12.5. The Bertz CT molecular complexity index is 438. The second-order valence-corrected chi connectivity index (χ2v) is 5.95. The monoisotopic (exact) mass is 279 g/mol. The van der Waals surface area contributed by atoms with Crippen LogP contribution in [0.25, 0.3) is 0 Å². The molecule has 0 bridgehead atoms. The molecule has 3 rings (SSSR count). The summed E-state index contributed by atoms with van der Waals surface area (Å²) in [5.74, 6) is 0. The minimum Gasteiger partial charge on any atom is -0.378 e. The van der Waals surface area contributed by atoms with E-state index in [2.05, 4.69) is 30.0 Å². The summed E-state index contributed by atoms with van der Waals surface area (Å²) in [5.41, 5.74) is 1.35. The normalized spacial score (nSPS) is 25.8. The van der Waals surface area contributed by atoms with Crippen molar-refractivity contribution in [2.45, 2.75) is 51.5 Å². The maximum atomic E-state index is 6.03. The van der Waals surface area contributed by atoms with Gasteiger partial charge in [-0.2, -0.15) is 5.10 Å². The molecule has 0 N–H and O–H groups in total. The fraction of sp³-hybridized carbons (Fsp3) is 0.800. The second-order valence-electron chi connectivity index (χ2n) is 5.95. The van der Waals surface area contributed by atoms with Gasteiger partial charge in [0, 0.05) is 57.6 Å². The number of aromatic nitrogens is 2. The molecule has 2 aliphatic rings. The highest BCUT2D eigenvalue weighted by atomic mass is 16.5. The molecule has 3 heterocycles. The lowest BCUT2D eigenvalue weighted by Crippen LogP contribution is -2.65. The van der Waals surface area contributed by atoms with E-state index < -0.39 is 0 Å². The molecular weight excluding hydrogens is 254 g/mol. The number of aryl methyl sites for hydroxylation is 1. The summed E-state index contributed by atoms with van der Waals surface area (Å²) in [6.45, 7) is 9.78. The first kappa shape index (κ1) is 14.0. The molecule has 1 aromatic heterocycles. The van der Waals surface area contributed by atoms with Crippen LogP contribution in [-0.4, -0.2) is 52.7 Å². The molecule has 0 amide bonds. The lowest BCUT2D eigenvalue weighted by atomic mass is 9.84. The van der Waals surface area contributed by atoms with Crippen molar-refractivity contribution in [2.24, 2.45) is 0 Å². The number of hydrogen-bond acceptors (Lipinski definition) is 4. The van der Waals surface area contributed by atoms with Gasteiger partial charge in [0.15, 0.2) is 0 Å². The Kier molecular flexibility index (Phi) is 4.10. The number of rotatable bonds is 5. The van der Waals surface area contributed by atoms with Gasteiger partial charge in [0.05, 0.1) is 17.9 Å². The van der Waals surface area contributed by atoms with Crippen LogP contribution in [0.4, 0.5) is 0 Å². The van der Waals surface area contributed by atoms with Crippen molar-refractivity contribution in [2.75, 3.05) is 26.3 Å². The van der Waals surface area contributed by atoms with Crippen LogP contribution in [0.3, 0.4) is 0 Å². The van der Waals surface area contributed by atoms with E-state index in [1.807, 2.05) is 10.9 Å². The van der Waals surface area contributed by atoms with Gasteiger partial charge in [-0.1, -0.05) is 0 Å². The van der Waals surface area contributed by atoms with Crippen LogP contribution in [0, 0.1) is 0 Å². The highest BCUT2D eigenvalue weighted by Crippen LogP contribution is 2.35. The third-order valence-corrected chi connectivity index (χ3v) is 4.29. The minimum absolute atomic E-state index is 0.0544. The molecule has 0 unspecified atom stereocenters. The van der Waals surface area contributed by atoms with Crippen molar-refractivity contribution in [1.82, 2.24) is 14.7 Å². The first-order valence-electron chi connectivity index (χ1n) is 7.72. The predicted octanol–water partition coefficient (Wildman–Crippen LogP) is 1.67. The van der Waals surface area contributed by atoms with Gasteiger partial charge in [-0.05, 0) is 20.3 Å². The molecule has 0 aromatic carbocycles. The zero-order chi connectivity index (χ0) is 14.0. The van der Waals surface area contributed by atoms with Crippen molar-refractivity contribution < 1.29 is 9.47 Å². The fourth-order valence-corrected chi connectivity index (χ4v) is 3.38. The van der Waals surface area contributed by atoms with E-state index >= 15 is 0 Å². The lowest BCUT2D eigenvalue weighted by molar-refractivity contribution is -0.198. The van der Waals surface area contributed by atoms with Gasteiger partial charge in [0.25, 0.3) is 0 Å². The topological polar surface area (TPSA) is 39.5 Å². The van der Waals surface area contributed by atoms with Gasteiger partial charge in [0.2, 0.25) is 0 Å². The third-order valence-electron chi connectivity index (χ3n) is 4.29. The van der Waals surface area contributed by atoms with Gasteiger partial charge >= 0.3 is 0 Å². The Hall–Kier alpha value is -0.910. The smallest absolute Gasteiger partial charge is 0.0959 e. The Labute approximate surface area is 120 Å². The Balaban J connectivity index is 1.50. The van der Waals surface area contributed by atoms with E-state index in [9.17, 15) is 0 Å². The number of ether oxygens (including phenoxy) is 2. The van der Waals surface area contributed by atoms with E-state index in [1.54, 1.807) is 0 Å². The number of nitrogens with zero attached hydrogens (tertiary/aromatic N) is 3. The van der Waals surface area contributed by atoms with E-state index in [0.717, 1.165) is 52.2 Å². The average Bonchev–Trinajstić information content (AvgIpc) is 2.86. The quantitative estimate of drug-likeness (QED) is 0.822. The van der Waals surface area contributed by atoms with Crippen molar-refractivity contribution in [3.63, 3.8) is 0 Å². The molecule has 1 spiro atoms. The van der Waals surface area contributed by atoms with Crippen LogP contribution < -0.4 is 0 Å². The second kappa shape index (κ2) is 5.84. The van der Waals surface area contributed by atoms with E-state index in [4.69, 9.17) is 9.47 Å². The zero-order valence-electron chi connectivity index (χ0n) is 12.5. The number of likely N-dealkylation sites (tertiary alicyclic amines) is 1. The molecule has 1 aromatic rings. The van der Waals surface area contributed by atoms with Crippen molar-refractivity contribution >= 4 is 0 Å². The van der Waals surface area contributed by atoms with Crippen molar-refractivity contribution in [1.29, 1.82) is 0 Å². The van der Waals surface area contributed by atoms with E-state index in [-0.39, 0.29) is 5.60 Å². The van der Waals surface area contributed by atoms with Gasteiger partial charge in [-0.25, -0.2) is 0 Å². The Morgan fingerprint density at radius 2 is 2.30 bits per heavy atom. The molecule has 20 heavy (non-hydrogen) atoms. The molecular formula is C15H25N3O2. The molecule has 1 atom stereocenters. The standard InChI is InChI=1S/C15H25N3O2/c1-3-18-10-13(8-16-18)9-17-11-15(12-17)7-14(19-4-2)5-6-20-15/h8,10,14H,3-7,9,11-12H2,1-2H3/t14-/m1/s1. The molecule has 0 radical (unpaired) electrons. The first-order valence-corrected chi connectivity index (χ1v) is 7.72. The van der Waals surface area contributed by atoms with Crippen LogP contribution in [0.1, 0.15) is 32.3 Å². The Morgan fingerprint density at radius 3 is 3.00 bits per heavy atom. The first-order chi connectivity index (χ1) is 9.73. The lowest BCUT2D eigenvalue weighted by Gasteiger charge is -2.53. The summed E-state index contributed by atoms with van der Waals surface area (Å²) in [6, 6.07) is 0. The van der Waals surface area contributed by atoms with E-state index in [0.29, 0.717) is 6.10 Å². The van der Waals surface area contributed by atoms with Crippen LogP contribution >= 0.6 is 0 Å². The summed E-state index contributed by atoms with van der Waals surface area (Å²) >= 11 is 0. The minimum atomic E-state index is 0.0544. The summed E-state index contributed by atoms with van der Waals surface area (Å²) in [7, 11) is 0. The molecule has 2 aliphatic heterocycles. The van der Waals surface area contributed by atoms with E-state index in [1.165, 1.54) is 5.56 Å². The Morgan fingerprint density at radius 1 is 1.45 bits per heavy atom. The third kappa shape index (κ3) is 2.90. The average molecular weight is 279 g/mol. The maximum absolute atomic E-state index is 6.03. The molecule has 5 nitrogen and oxygen atoms in total. The molecule has 5 heteroatoms. The summed E-state index contributed by atoms with van der Waals surface area (Å²) in [5, 5.41) is 4.33. The van der Waals surface area contributed by atoms with Crippen molar-refractivity contribution in [3.05, 3.63) is 18.0 Å². The van der Waals surface area contributed by atoms with Crippen LogP contribution in [0.2, 0.25) is 0 Å². The predicted molar refractivity (Wildman–Crippen MR) is 76.5 cm³/mol. The SMILES string of the molecule is CCO[C@@H]1CCOC2(C1)CN(Cc1cnn(CC)c1)C2. The summed E-state index contributed by atoms with van der Waals surface area (Å²) in [4.78, 5) is 2.44. The number of hydrogen-bond donors (Lipinski definition) is 0. The molecule has 0 saturated carbocycles. The highest BCUT2D eigenvalue weighted by Gasteiger charge is 2.47. The molecule has 112 valence electrons. The fourth-order valence-electron chi connectivity index (χ4n) is 3.38. The van der Waals surface area contributed by atoms with Gasteiger partial charge < -0.3 is 9.47 Å². The van der Waals surface area contributed by atoms with Gasteiger partial charge in [-0.3, -0.25) is 9.58 Å². The van der Waals surface area contributed by atoms with Gasteiger partial charge in [-0.15, -0.1) is 0 Å². The molecule has 2 saturated heterocycles. The van der Waals surface area contributed by atoms with Gasteiger partial charge in [0.1, 0.15) is 0 Å². The maximum Gasteiger partial charge on any atom is 0.0959 e.